The van der Waals surface area contributed by atoms with Crippen molar-refractivity contribution in [2.75, 3.05) is 0 Å². The Morgan fingerprint density at radius 2 is 0.694 bits per heavy atom. The van der Waals surface area contributed by atoms with E-state index in [2.05, 4.69) is 0 Å². The summed E-state index contributed by atoms with van der Waals surface area (Å²) in [5, 5.41) is 1.06. The second-order valence-electron chi connectivity index (χ2n) is 8.37. The van der Waals surface area contributed by atoms with Crippen molar-refractivity contribution in [2.24, 2.45) is 0 Å². The highest BCUT2D eigenvalue weighted by atomic mass is 35.5. The van der Waals surface area contributed by atoms with Gasteiger partial charge in [0.25, 0.3) is 0 Å². The standard InChI is InChI=1S/C15H9ClO2.C14H6Cl2O2/c1-8-6-11-12(7-13(8)16)15(18)10-5-3-2-4-9(10)14(11)17;15-11-5-9-10(6-12(11)16)14(18)8-4-2-1-3-7(8)13(9)17/h2-7H,1H3;1-6H. The fourth-order valence-electron chi connectivity index (χ4n) is 4.32. The van der Waals surface area contributed by atoms with E-state index in [9.17, 15) is 19.2 Å². The minimum absolute atomic E-state index is 0.111. The maximum Gasteiger partial charge on any atom is 0.194 e. The predicted octanol–water partition coefficient (Wildman–Crippen LogP) is 7.19. The molecule has 176 valence electrons. The van der Waals surface area contributed by atoms with E-state index in [1.807, 2.05) is 6.92 Å². The first-order valence-corrected chi connectivity index (χ1v) is 12.0. The normalized spacial score (nSPS) is 13.2. The third-order valence-corrected chi connectivity index (χ3v) is 7.30. The molecule has 0 unspecified atom stereocenters. The predicted molar refractivity (Wildman–Crippen MR) is 139 cm³/mol. The van der Waals surface area contributed by atoms with Crippen LogP contribution in [-0.4, -0.2) is 23.1 Å². The fraction of sp³-hybridized carbons (Fsp3) is 0.0345. The Morgan fingerprint density at radius 3 is 1.03 bits per heavy atom. The molecular formula is C29H15Cl3O4. The van der Waals surface area contributed by atoms with Gasteiger partial charge in [-0.2, -0.15) is 0 Å². The van der Waals surface area contributed by atoms with Gasteiger partial charge >= 0.3 is 0 Å². The second kappa shape index (κ2) is 9.14. The summed E-state index contributed by atoms with van der Waals surface area (Å²) in [7, 11) is 0. The fourth-order valence-corrected chi connectivity index (χ4v) is 4.81. The van der Waals surface area contributed by atoms with Crippen LogP contribution in [-0.2, 0) is 0 Å². The molecule has 0 aromatic heterocycles. The molecule has 7 heteroatoms. The summed E-state index contributed by atoms with van der Waals surface area (Å²) in [6, 6.07) is 19.8. The Bertz CT molecular complexity index is 1410. The van der Waals surface area contributed by atoms with E-state index >= 15 is 0 Å². The number of carbonyl (C=O) groups excluding carboxylic acids is 4. The molecule has 0 atom stereocenters. The Labute approximate surface area is 221 Å². The van der Waals surface area contributed by atoms with Crippen molar-refractivity contribution in [3.63, 3.8) is 0 Å². The van der Waals surface area contributed by atoms with Crippen molar-refractivity contribution in [3.05, 3.63) is 138 Å². The quantitative estimate of drug-likeness (QED) is 0.207. The van der Waals surface area contributed by atoms with Crippen molar-refractivity contribution in [3.8, 4) is 0 Å². The summed E-state index contributed by atoms with van der Waals surface area (Å²) in [4.78, 5) is 49.2. The lowest BCUT2D eigenvalue weighted by molar-refractivity contribution is 0.0979. The van der Waals surface area contributed by atoms with Crippen LogP contribution < -0.4 is 0 Å². The van der Waals surface area contributed by atoms with Crippen molar-refractivity contribution in [1.82, 2.24) is 0 Å². The lowest BCUT2D eigenvalue weighted by Gasteiger charge is -2.18. The molecule has 0 bridgehead atoms. The van der Waals surface area contributed by atoms with Gasteiger partial charge in [-0.05, 0) is 36.8 Å². The van der Waals surface area contributed by atoms with E-state index in [1.54, 1.807) is 60.7 Å². The molecule has 36 heavy (non-hydrogen) atoms. The molecule has 6 rings (SSSR count). The van der Waals surface area contributed by atoms with Gasteiger partial charge in [0.15, 0.2) is 23.1 Å². The van der Waals surface area contributed by atoms with Crippen LogP contribution in [0.25, 0.3) is 0 Å². The van der Waals surface area contributed by atoms with E-state index in [-0.39, 0.29) is 33.2 Å². The molecule has 4 nitrogen and oxygen atoms in total. The van der Waals surface area contributed by atoms with Crippen LogP contribution >= 0.6 is 34.8 Å². The smallest absolute Gasteiger partial charge is 0.194 e. The van der Waals surface area contributed by atoms with Gasteiger partial charge in [-0.3, -0.25) is 19.2 Å². The average molecular weight is 534 g/mol. The van der Waals surface area contributed by atoms with Gasteiger partial charge in [-0.15, -0.1) is 0 Å². The molecule has 2 aliphatic rings. The van der Waals surface area contributed by atoms with Crippen molar-refractivity contribution in [2.45, 2.75) is 6.92 Å². The molecule has 4 aromatic rings. The molecule has 0 heterocycles. The third-order valence-electron chi connectivity index (χ3n) is 6.17. The summed E-state index contributed by atoms with van der Waals surface area (Å²) in [5.74, 6) is -0.639. The largest absolute Gasteiger partial charge is 0.289 e. The SMILES string of the molecule is Cc1cc2c(cc1Cl)C(=O)c1ccccc1C2=O.O=C1c2ccccc2C(=O)c2cc(Cl)c(Cl)cc21. The summed E-state index contributed by atoms with van der Waals surface area (Å²) < 4.78 is 0. The molecule has 0 aliphatic heterocycles. The van der Waals surface area contributed by atoms with Crippen LogP contribution in [0.15, 0.2) is 72.8 Å². The van der Waals surface area contributed by atoms with Crippen LogP contribution in [0, 0.1) is 6.92 Å². The number of carbonyl (C=O) groups is 4. The van der Waals surface area contributed by atoms with Crippen LogP contribution in [0.3, 0.4) is 0 Å². The van der Waals surface area contributed by atoms with Crippen LogP contribution in [0.2, 0.25) is 15.1 Å². The van der Waals surface area contributed by atoms with E-state index in [4.69, 9.17) is 34.8 Å². The number of aryl methyl sites for hydroxylation is 1. The number of hydrogen-bond acceptors (Lipinski definition) is 4. The van der Waals surface area contributed by atoms with Crippen molar-refractivity contribution >= 4 is 57.9 Å². The van der Waals surface area contributed by atoms with Crippen LogP contribution in [0.1, 0.15) is 69.2 Å². The number of halogens is 3. The van der Waals surface area contributed by atoms with Gasteiger partial charge in [-0.25, -0.2) is 0 Å². The lowest BCUT2D eigenvalue weighted by Crippen LogP contribution is -2.20. The topological polar surface area (TPSA) is 68.3 Å². The minimum Gasteiger partial charge on any atom is -0.289 e. The lowest BCUT2D eigenvalue weighted by atomic mass is 9.83. The van der Waals surface area contributed by atoms with Gasteiger partial charge in [0.05, 0.1) is 10.0 Å². The molecule has 4 aromatic carbocycles. The average Bonchev–Trinajstić information content (AvgIpc) is 2.88. The summed E-state index contributed by atoms with van der Waals surface area (Å²) >= 11 is 17.8. The monoisotopic (exact) mass is 532 g/mol. The van der Waals surface area contributed by atoms with Gasteiger partial charge in [-0.1, -0.05) is 83.3 Å². The molecule has 0 amide bonds. The zero-order valence-electron chi connectivity index (χ0n) is 18.7. The third kappa shape index (κ3) is 3.88. The van der Waals surface area contributed by atoms with Crippen LogP contribution in [0.5, 0.6) is 0 Å². The number of hydrogen-bond donors (Lipinski definition) is 0. The van der Waals surface area contributed by atoms with E-state index in [1.165, 1.54) is 12.1 Å². The maximum absolute atomic E-state index is 12.3. The summed E-state index contributed by atoms with van der Waals surface area (Å²) in [6.07, 6.45) is 0. The van der Waals surface area contributed by atoms with Gasteiger partial charge < -0.3 is 0 Å². The maximum atomic E-state index is 12.3. The van der Waals surface area contributed by atoms with Gasteiger partial charge in [0, 0.05) is 49.5 Å². The highest BCUT2D eigenvalue weighted by Crippen LogP contribution is 2.33. The highest BCUT2D eigenvalue weighted by Gasteiger charge is 2.31. The van der Waals surface area contributed by atoms with Crippen molar-refractivity contribution < 1.29 is 19.2 Å². The minimum atomic E-state index is -0.196. The highest BCUT2D eigenvalue weighted by molar-refractivity contribution is 6.43. The Morgan fingerprint density at radius 1 is 0.417 bits per heavy atom. The molecule has 0 fully saturated rings. The molecular weight excluding hydrogens is 519 g/mol. The van der Waals surface area contributed by atoms with E-state index in [0.29, 0.717) is 49.5 Å². The molecule has 2 aliphatic carbocycles. The summed E-state index contributed by atoms with van der Waals surface area (Å²) in [6.45, 7) is 1.82. The molecule has 0 saturated heterocycles. The molecule has 0 spiro atoms. The zero-order valence-corrected chi connectivity index (χ0v) is 21.0. The Kier molecular flexibility index (Phi) is 6.13. The first-order valence-electron chi connectivity index (χ1n) is 10.8. The number of fused-ring (bicyclic) bond motifs is 4. The van der Waals surface area contributed by atoms with E-state index in [0.717, 1.165) is 5.56 Å². The Balaban J connectivity index is 0.000000148. The summed E-state index contributed by atoms with van der Waals surface area (Å²) in [5.41, 5.74) is 4.01. The molecule has 0 radical (unpaired) electrons. The van der Waals surface area contributed by atoms with Crippen molar-refractivity contribution in [1.29, 1.82) is 0 Å². The zero-order chi connectivity index (χ0) is 25.7. The number of rotatable bonds is 0. The first-order chi connectivity index (χ1) is 17.2. The van der Waals surface area contributed by atoms with E-state index < -0.39 is 0 Å². The van der Waals surface area contributed by atoms with Crippen LogP contribution in [0.4, 0.5) is 0 Å². The number of benzene rings is 4. The Hall–Kier alpha value is -3.57. The molecule has 0 saturated carbocycles. The first kappa shape index (κ1) is 24.1. The molecule has 0 N–H and O–H groups in total. The number of ketones is 4. The second-order valence-corrected chi connectivity index (χ2v) is 9.59. The van der Waals surface area contributed by atoms with Gasteiger partial charge in [0.2, 0.25) is 0 Å². The van der Waals surface area contributed by atoms with Gasteiger partial charge in [0.1, 0.15) is 0 Å².